The second-order valence-corrected chi connectivity index (χ2v) is 5.12. The van der Waals surface area contributed by atoms with Gasteiger partial charge in [0.2, 0.25) is 5.88 Å². The van der Waals surface area contributed by atoms with Crippen molar-refractivity contribution in [3.63, 3.8) is 0 Å². The van der Waals surface area contributed by atoms with E-state index in [4.69, 9.17) is 9.72 Å². The van der Waals surface area contributed by atoms with Crippen molar-refractivity contribution >= 4 is 16.6 Å². The number of nitrogens with zero attached hydrogens (tertiary/aromatic N) is 4. The standard InChI is InChI=1S/C17H14N4O/c1-11-9-15-19-17(12-7-8-18-16(10-12)22-2)13-5-3-4-6-14(13)21(15)20-11/h3-10H,1-2H3. The molecule has 0 spiro atoms. The molecule has 0 aliphatic carbocycles. The first-order valence-corrected chi connectivity index (χ1v) is 7.02. The van der Waals surface area contributed by atoms with Crippen LogP contribution in [0.3, 0.4) is 0 Å². The summed E-state index contributed by atoms with van der Waals surface area (Å²) in [5.41, 5.74) is 4.70. The van der Waals surface area contributed by atoms with Crippen LogP contribution in [0, 0.1) is 6.92 Å². The Balaban J connectivity index is 2.10. The summed E-state index contributed by atoms with van der Waals surface area (Å²) >= 11 is 0. The Hall–Kier alpha value is -2.95. The Morgan fingerprint density at radius 3 is 2.82 bits per heavy atom. The van der Waals surface area contributed by atoms with Crippen molar-refractivity contribution in [2.45, 2.75) is 6.92 Å². The van der Waals surface area contributed by atoms with Gasteiger partial charge in [0, 0.05) is 29.3 Å². The summed E-state index contributed by atoms with van der Waals surface area (Å²) in [7, 11) is 1.61. The molecular formula is C17H14N4O. The van der Waals surface area contributed by atoms with E-state index in [2.05, 4.69) is 22.2 Å². The maximum Gasteiger partial charge on any atom is 0.213 e. The van der Waals surface area contributed by atoms with Crippen molar-refractivity contribution in [2.75, 3.05) is 7.11 Å². The minimum Gasteiger partial charge on any atom is -0.481 e. The Labute approximate surface area is 127 Å². The molecule has 4 rings (SSSR count). The van der Waals surface area contributed by atoms with E-state index in [9.17, 15) is 0 Å². The molecule has 0 radical (unpaired) electrons. The van der Waals surface area contributed by atoms with Crippen LogP contribution in [0.2, 0.25) is 0 Å². The van der Waals surface area contributed by atoms with E-state index in [1.807, 2.05) is 41.8 Å². The zero-order valence-electron chi connectivity index (χ0n) is 12.3. The van der Waals surface area contributed by atoms with Crippen molar-refractivity contribution in [3.05, 3.63) is 54.4 Å². The Morgan fingerprint density at radius 1 is 1.09 bits per heavy atom. The van der Waals surface area contributed by atoms with Gasteiger partial charge in [-0.05, 0) is 19.1 Å². The number of benzene rings is 1. The number of hydrogen-bond donors (Lipinski definition) is 0. The first-order valence-electron chi connectivity index (χ1n) is 7.02. The second kappa shape index (κ2) is 4.80. The van der Waals surface area contributed by atoms with E-state index < -0.39 is 0 Å². The molecule has 0 N–H and O–H groups in total. The highest BCUT2D eigenvalue weighted by Gasteiger charge is 2.12. The van der Waals surface area contributed by atoms with Gasteiger partial charge in [0.1, 0.15) is 0 Å². The number of pyridine rings is 1. The molecule has 3 heterocycles. The second-order valence-electron chi connectivity index (χ2n) is 5.12. The molecule has 0 aliphatic heterocycles. The van der Waals surface area contributed by atoms with Gasteiger partial charge >= 0.3 is 0 Å². The maximum absolute atomic E-state index is 5.22. The Kier molecular flexibility index (Phi) is 2.79. The first kappa shape index (κ1) is 12.8. The van der Waals surface area contributed by atoms with Gasteiger partial charge in [-0.25, -0.2) is 14.5 Å². The van der Waals surface area contributed by atoms with Crippen molar-refractivity contribution in [3.8, 4) is 17.1 Å². The molecule has 0 atom stereocenters. The fraction of sp³-hybridized carbons (Fsp3) is 0.118. The third-order valence-corrected chi connectivity index (χ3v) is 3.64. The van der Waals surface area contributed by atoms with Gasteiger partial charge in [-0.15, -0.1) is 0 Å². The van der Waals surface area contributed by atoms with E-state index in [1.54, 1.807) is 13.3 Å². The lowest BCUT2D eigenvalue weighted by Crippen LogP contribution is -1.97. The number of rotatable bonds is 2. The predicted molar refractivity (Wildman–Crippen MR) is 85.0 cm³/mol. The van der Waals surface area contributed by atoms with Gasteiger partial charge in [-0.2, -0.15) is 5.10 Å². The van der Waals surface area contributed by atoms with Gasteiger partial charge in [-0.1, -0.05) is 18.2 Å². The highest BCUT2D eigenvalue weighted by Crippen LogP contribution is 2.29. The van der Waals surface area contributed by atoms with Crippen LogP contribution in [0.5, 0.6) is 5.88 Å². The molecule has 0 unspecified atom stereocenters. The summed E-state index contributed by atoms with van der Waals surface area (Å²) in [4.78, 5) is 8.95. The summed E-state index contributed by atoms with van der Waals surface area (Å²) in [6.07, 6.45) is 1.73. The number of fused-ring (bicyclic) bond motifs is 3. The van der Waals surface area contributed by atoms with Gasteiger partial charge in [0.15, 0.2) is 5.65 Å². The average molecular weight is 290 g/mol. The summed E-state index contributed by atoms with van der Waals surface area (Å²) in [5, 5.41) is 5.57. The summed E-state index contributed by atoms with van der Waals surface area (Å²) < 4.78 is 7.11. The average Bonchev–Trinajstić information content (AvgIpc) is 2.94. The van der Waals surface area contributed by atoms with Crippen LogP contribution < -0.4 is 4.74 Å². The SMILES string of the molecule is COc1cc(-c2nc3cc(C)nn3c3ccccc23)ccn1. The number of methoxy groups -OCH3 is 1. The zero-order chi connectivity index (χ0) is 15.1. The Bertz CT molecular complexity index is 990. The lowest BCUT2D eigenvalue weighted by molar-refractivity contribution is 0.398. The van der Waals surface area contributed by atoms with Crippen LogP contribution in [0.15, 0.2) is 48.7 Å². The van der Waals surface area contributed by atoms with Crippen molar-refractivity contribution < 1.29 is 4.74 Å². The van der Waals surface area contributed by atoms with Crippen molar-refractivity contribution in [1.29, 1.82) is 0 Å². The van der Waals surface area contributed by atoms with Crippen LogP contribution in [0.1, 0.15) is 5.69 Å². The van der Waals surface area contributed by atoms with E-state index in [-0.39, 0.29) is 0 Å². The van der Waals surface area contributed by atoms with Crippen LogP contribution in [0.4, 0.5) is 0 Å². The van der Waals surface area contributed by atoms with Crippen LogP contribution in [-0.2, 0) is 0 Å². The van der Waals surface area contributed by atoms with Crippen molar-refractivity contribution in [1.82, 2.24) is 19.6 Å². The quantitative estimate of drug-likeness (QED) is 0.568. The van der Waals surface area contributed by atoms with Crippen LogP contribution in [0.25, 0.3) is 27.8 Å². The van der Waals surface area contributed by atoms with E-state index >= 15 is 0 Å². The lowest BCUT2D eigenvalue weighted by atomic mass is 10.1. The first-order chi connectivity index (χ1) is 10.8. The van der Waals surface area contributed by atoms with Crippen LogP contribution >= 0.6 is 0 Å². The number of para-hydroxylation sites is 1. The van der Waals surface area contributed by atoms with Crippen LogP contribution in [-0.4, -0.2) is 26.7 Å². The van der Waals surface area contributed by atoms with E-state index in [1.165, 1.54) is 0 Å². The Morgan fingerprint density at radius 2 is 1.95 bits per heavy atom. The molecule has 1 aromatic carbocycles. The largest absolute Gasteiger partial charge is 0.481 e. The highest BCUT2D eigenvalue weighted by atomic mass is 16.5. The minimum absolute atomic E-state index is 0.577. The molecule has 108 valence electrons. The van der Waals surface area contributed by atoms with Gasteiger partial charge in [0.05, 0.1) is 24.0 Å². The summed E-state index contributed by atoms with van der Waals surface area (Å²) in [6.45, 7) is 1.97. The topological polar surface area (TPSA) is 52.3 Å². The third-order valence-electron chi connectivity index (χ3n) is 3.64. The molecule has 5 heteroatoms. The van der Waals surface area contributed by atoms with Gasteiger partial charge < -0.3 is 4.74 Å². The maximum atomic E-state index is 5.22. The molecule has 5 nitrogen and oxygen atoms in total. The molecule has 0 saturated carbocycles. The molecule has 0 amide bonds. The molecule has 0 saturated heterocycles. The number of aromatic nitrogens is 4. The lowest BCUT2D eigenvalue weighted by Gasteiger charge is -2.08. The van der Waals surface area contributed by atoms with Gasteiger partial charge in [-0.3, -0.25) is 0 Å². The molecule has 0 fully saturated rings. The zero-order valence-corrected chi connectivity index (χ0v) is 12.3. The highest BCUT2D eigenvalue weighted by molar-refractivity contribution is 5.94. The monoisotopic (exact) mass is 290 g/mol. The number of hydrogen-bond acceptors (Lipinski definition) is 4. The van der Waals surface area contributed by atoms with Gasteiger partial charge in [0.25, 0.3) is 0 Å². The smallest absolute Gasteiger partial charge is 0.213 e. The summed E-state index contributed by atoms with van der Waals surface area (Å²) in [5.74, 6) is 0.577. The van der Waals surface area contributed by atoms with E-state index in [0.717, 1.165) is 33.5 Å². The minimum atomic E-state index is 0.577. The number of aryl methyl sites for hydroxylation is 1. The molecule has 0 bridgehead atoms. The van der Waals surface area contributed by atoms with Crippen molar-refractivity contribution in [2.24, 2.45) is 0 Å². The molecule has 3 aromatic heterocycles. The molecule has 0 aliphatic rings. The third kappa shape index (κ3) is 1.90. The number of ether oxygens (including phenoxy) is 1. The fourth-order valence-corrected chi connectivity index (χ4v) is 2.66. The van der Waals surface area contributed by atoms with E-state index in [0.29, 0.717) is 5.88 Å². The normalized spacial score (nSPS) is 11.2. The summed E-state index contributed by atoms with van der Waals surface area (Å²) in [6, 6.07) is 13.9. The molecule has 4 aromatic rings. The predicted octanol–water partition coefficient (Wildman–Crippen LogP) is 3.26. The fourth-order valence-electron chi connectivity index (χ4n) is 2.66. The molecule has 22 heavy (non-hydrogen) atoms. The molecular weight excluding hydrogens is 276 g/mol.